The van der Waals surface area contributed by atoms with Crippen LogP contribution < -0.4 is 0 Å². The van der Waals surface area contributed by atoms with Crippen molar-refractivity contribution in [2.45, 2.75) is 59.8 Å². The molecule has 0 radical (unpaired) electrons. The van der Waals surface area contributed by atoms with Crippen molar-refractivity contribution in [1.82, 2.24) is 0 Å². The van der Waals surface area contributed by atoms with Crippen LogP contribution in [0.3, 0.4) is 0 Å². The topological polar surface area (TPSA) is 52.6 Å². The van der Waals surface area contributed by atoms with Crippen LogP contribution in [0.5, 0.6) is 0 Å². The molecule has 1 aliphatic rings. The van der Waals surface area contributed by atoms with E-state index in [2.05, 4.69) is 13.8 Å². The Bertz CT molecular complexity index is 462. The van der Waals surface area contributed by atoms with Crippen molar-refractivity contribution in [2.24, 2.45) is 11.8 Å². The smallest absolute Gasteiger partial charge is 0.338 e. The maximum atomic E-state index is 12.4. The molecule has 1 rings (SSSR count). The zero-order valence-corrected chi connectivity index (χ0v) is 14.9. The van der Waals surface area contributed by atoms with Gasteiger partial charge in [-0.1, -0.05) is 52.7 Å². The zero-order valence-electron chi connectivity index (χ0n) is 14.9. The van der Waals surface area contributed by atoms with E-state index in [9.17, 15) is 9.59 Å². The molecule has 0 heterocycles. The van der Waals surface area contributed by atoms with Crippen LogP contribution in [0, 0.1) is 11.8 Å². The van der Waals surface area contributed by atoms with Crippen molar-refractivity contribution in [1.29, 1.82) is 0 Å². The normalized spacial score (nSPS) is 21.0. The monoisotopic (exact) mass is 322 g/mol. The highest BCUT2D eigenvalue weighted by Crippen LogP contribution is 2.29. The average molecular weight is 322 g/mol. The molecule has 0 saturated carbocycles. The summed E-state index contributed by atoms with van der Waals surface area (Å²) in [5, 5.41) is 0. The third-order valence-corrected chi connectivity index (χ3v) is 4.24. The lowest BCUT2D eigenvalue weighted by atomic mass is 9.91. The minimum absolute atomic E-state index is 0.279. The van der Waals surface area contributed by atoms with E-state index < -0.39 is 5.97 Å². The third-order valence-electron chi connectivity index (χ3n) is 4.24. The van der Waals surface area contributed by atoms with Crippen molar-refractivity contribution >= 4 is 11.9 Å². The number of hydrogen-bond donors (Lipinski definition) is 0. The molecule has 2 atom stereocenters. The molecule has 2 unspecified atom stereocenters. The highest BCUT2D eigenvalue weighted by molar-refractivity contribution is 6.02. The van der Waals surface area contributed by atoms with Gasteiger partial charge in [0.2, 0.25) is 0 Å². The first-order valence-electron chi connectivity index (χ1n) is 8.76. The number of carbonyl (C=O) groups is 2. The fourth-order valence-electron chi connectivity index (χ4n) is 2.32. The largest absolute Gasteiger partial charge is 0.462 e. The van der Waals surface area contributed by atoms with Gasteiger partial charge in [0.25, 0.3) is 0 Å². The fraction of sp³-hybridized carbons (Fsp3) is 0.684. The number of hydrogen-bond acceptors (Lipinski definition) is 4. The van der Waals surface area contributed by atoms with E-state index in [-0.39, 0.29) is 11.9 Å². The molecule has 0 fully saturated rings. The lowest BCUT2D eigenvalue weighted by Gasteiger charge is -2.16. The number of allylic oxidation sites excluding steroid dienone is 1. The molecule has 0 aromatic carbocycles. The summed E-state index contributed by atoms with van der Waals surface area (Å²) in [6, 6.07) is 0. The Kier molecular flexibility index (Phi) is 8.67. The van der Waals surface area contributed by atoms with Crippen molar-refractivity contribution in [2.75, 3.05) is 13.2 Å². The van der Waals surface area contributed by atoms with Gasteiger partial charge in [0.15, 0.2) is 0 Å². The molecular formula is C19H30O4. The second kappa shape index (κ2) is 10.2. The Morgan fingerprint density at radius 2 is 1.61 bits per heavy atom. The van der Waals surface area contributed by atoms with E-state index in [1.807, 2.05) is 19.9 Å². The molecule has 130 valence electrons. The van der Waals surface area contributed by atoms with Crippen LogP contribution in [0.25, 0.3) is 0 Å². The van der Waals surface area contributed by atoms with Gasteiger partial charge in [-0.2, -0.15) is 0 Å². The molecule has 0 aromatic heterocycles. The Morgan fingerprint density at radius 3 is 2.17 bits per heavy atom. The second-order valence-electron chi connectivity index (χ2n) is 6.27. The highest BCUT2D eigenvalue weighted by atomic mass is 16.5. The van der Waals surface area contributed by atoms with Crippen LogP contribution in [-0.4, -0.2) is 25.2 Å². The first-order valence-corrected chi connectivity index (χ1v) is 8.76. The number of unbranched alkanes of at least 4 members (excludes halogenated alkanes) is 2. The van der Waals surface area contributed by atoms with Gasteiger partial charge in [-0.05, 0) is 31.1 Å². The maximum Gasteiger partial charge on any atom is 0.338 e. The Labute approximate surface area is 139 Å². The molecule has 23 heavy (non-hydrogen) atoms. The summed E-state index contributed by atoms with van der Waals surface area (Å²) in [5.41, 5.74) is 0.814. The van der Waals surface area contributed by atoms with E-state index in [1.54, 1.807) is 6.08 Å². The Morgan fingerprint density at radius 1 is 1.04 bits per heavy atom. The zero-order chi connectivity index (χ0) is 17.2. The second-order valence-corrected chi connectivity index (χ2v) is 6.27. The molecule has 0 aliphatic heterocycles. The SMILES string of the molecule is CCCCOC(=O)C1=C(C(=O)OCCCC)CC(C)C(C)C=C1. The van der Waals surface area contributed by atoms with Gasteiger partial charge in [-0.3, -0.25) is 0 Å². The molecule has 1 aliphatic carbocycles. The van der Waals surface area contributed by atoms with Gasteiger partial charge in [0.05, 0.1) is 24.4 Å². The molecular weight excluding hydrogens is 292 g/mol. The van der Waals surface area contributed by atoms with Crippen molar-refractivity contribution in [3.05, 3.63) is 23.3 Å². The van der Waals surface area contributed by atoms with Gasteiger partial charge < -0.3 is 9.47 Å². The van der Waals surface area contributed by atoms with Gasteiger partial charge in [0.1, 0.15) is 0 Å². The van der Waals surface area contributed by atoms with Crippen LogP contribution in [-0.2, 0) is 19.1 Å². The van der Waals surface area contributed by atoms with Gasteiger partial charge in [0, 0.05) is 0 Å². The molecule has 0 bridgehead atoms. The summed E-state index contributed by atoms with van der Waals surface area (Å²) in [5.74, 6) is -0.222. The van der Waals surface area contributed by atoms with Crippen molar-refractivity contribution in [3.8, 4) is 0 Å². The van der Waals surface area contributed by atoms with Gasteiger partial charge in [-0.15, -0.1) is 0 Å². The summed E-state index contributed by atoms with van der Waals surface area (Å²) < 4.78 is 10.6. The quantitative estimate of drug-likeness (QED) is 0.496. The summed E-state index contributed by atoms with van der Waals surface area (Å²) in [7, 11) is 0. The summed E-state index contributed by atoms with van der Waals surface area (Å²) in [4.78, 5) is 24.7. The van der Waals surface area contributed by atoms with E-state index in [0.717, 1.165) is 25.7 Å². The predicted octanol–water partition coefficient (Wildman–Crippen LogP) is 4.20. The molecule has 0 spiro atoms. The Balaban J connectivity index is 2.94. The van der Waals surface area contributed by atoms with Gasteiger partial charge >= 0.3 is 11.9 Å². The molecule has 0 N–H and O–H groups in total. The predicted molar refractivity (Wildman–Crippen MR) is 90.8 cm³/mol. The standard InChI is InChI=1S/C19H30O4/c1-5-7-11-22-18(20)16-10-9-14(3)15(4)13-17(16)19(21)23-12-8-6-2/h9-10,14-15H,5-8,11-13H2,1-4H3. The fourth-order valence-corrected chi connectivity index (χ4v) is 2.32. The molecule has 0 saturated heterocycles. The van der Waals surface area contributed by atoms with E-state index in [4.69, 9.17) is 9.47 Å². The molecule has 0 aromatic rings. The molecule has 0 amide bonds. The van der Waals surface area contributed by atoms with Crippen molar-refractivity contribution in [3.63, 3.8) is 0 Å². The maximum absolute atomic E-state index is 12.4. The van der Waals surface area contributed by atoms with Crippen LogP contribution in [0.15, 0.2) is 23.3 Å². The van der Waals surface area contributed by atoms with E-state index in [0.29, 0.717) is 36.7 Å². The summed E-state index contributed by atoms with van der Waals surface area (Å²) >= 11 is 0. The minimum atomic E-state index is -0.418. The lowest BCUT2D eigenvalue weighted by Crippen LogP contribution is -2.18. The number of carbonyl (C=O) groups excluding carboxylic acids is 2. The number of esters is 2. The Hall–Kier alpha value is -1.58. The summed E-state index contributed by atoms with van der Waals surface area (Å²) in [6.07, 6.45) is 7.83. The molecule has 4 nitrogen and oxygen atoms in total. The average Bonchev–Trinajstić information content (AvgIpc) is 2.67. The van der Waals surface area contributed by atoms with Crippen LogP contribution in [0.4, 0.5) is 0 Å². The molecule has 4 heteroatoms. The van der Waals surface area contributed by atoms with Crippen LogP contribution >= 0.6 is 0 Å². The highest BCUT2D eigenvalue weighted by Gasteiger charge is 2.27. The van der Waals surface area contributed by atoms with Gasteiger partial charge in [-0.25, -0.2) is 9.59 Å². The first-order chi connectivity index (χ1) is 11.0. The third kappa shape index (κ3) is 6.20. The van der Waals surface area contributed by atoms with E-state index in [1.165, 1.54) is 0 Å². The van der Waals surface area contributed by atoms with E-state index >= 15 is 0 Å². The number of rotatable bonds is 8. The summed E-state index contributed by atoms with van der Waals surface area (Å²) in [6.45, 7) is 9.03. The first kappa shape index (κ1) is 19.5. The lowest BCUT2D eigenvalue weighted by molar-refractivity contribution is -0.142. The van der Waals surface area contributed by atoms with Crippen LogP contribution in [0.1, 0.15) is 59.8 Å². The van der Waals surface area contributed by atoms with Crippen LogP contribution in [0.2, 0.25) is 0 Å². The number of ether oxygens (including phenoxy) is 2. The minimum Gasteiger partial charge on any atom is -0.462 e. The van der Waals surface area contributed by atoms with Crippen molar-refractivity contribution < 1.29 is 19.1 Å².